The van der Waals surface area contributed by atoms with Crippen molar-refractivity contribution in [3.8, 4) is 0 Å². The Morgan fingerprint density at radius 2 is 1.84 bits per heavy atom. The molecule has 104 valence electrons. The molecule has 3 nitrogen and oxygen atoms in total. The highest BCUT2D eigenvalue weighted by molar-refractivity contribution is 5.85. The van der Waals surface area contributed by atoms with E-state index in [1.165, 1.54) is 12.1 Å². The molecular weight excluding hydrogens is 279 g/mol. The molecule has 1 aromatic carbocycles. The van der Waals surface area contributed by atoms with E-state index in [4.69, 9.17) is 0 Å². The van der Waals surface area contributed by atoms with Gasteiger partial charge in [-0.1, -0.05) is 12.1 Å². The molecule has 7 heteroatoms. The van der Waals surface area contributed by atoms with Gasteiger partial charge in [-0.05, 0) is 17.7 Å². The molecule has 19 heavy (non-hydrogen) atoms. The molecule has 0 amide bonds. The minimum absolute atomic E-state index is 0. The summed E-state index contributed by atoms with van der Waals surface area (Å²) in [6.45, 7) is 0.444. The van der Waals surface area contributed by atoms with Crippen molar-refractivity contribution >= 4 is 18.1 Å². The van der Waals surface area contributed by atoms with Gasteiger partial charge in [-0.2, -0.15) is 18.3 Å². The van der Waals surface area contributed by atoms with Crippen LogP contribution in [-0.4, -0.2) is 16.8 Å². The first-order valence-corrected chi connectivity index (χ1v) is 5.35. The summed E-state index contributed by atoms with van der Waals surface area (Å²) in [6.07, 6.45) is -0.842. The van der Waals surface area contributed by atoms with Crippen molar-refractivity contribution in [1.82, 2.24) is 9.78 Å². The van der Waals surface area contributed by atoms with Crippen molar-refractivity contribution in [2.45, 2.75) is 12.7 Å². The SMILES string of the molecule is CNc1cnn(Cc2ccc(C(F)(F)F)cc2)c1.Cl. The van der Waals surface area contributed by atoms with Crippen LogP contribution in [0.25, 0.3) is 0 Å². The molecular formula is C12H13ClF3N3. The monoisotopic (exact) mass is 291 g/mol. The second kappa shape index (κ2) is 5.97. The number of hydrogen-bond donors (Lipinski definition) is 1. The van der Waals surface area contributed by atoms with Gasteiger partial charge in [0.2, 0.25) is 0 Å². The van der Waals surface area contributed by atoms with Crippen molar-refractivity contribution in [3.63, 3.8) is 0 Å². The lowest BCUT2D eigenvalue weighted by atomic mass is 10.1. The Balaban J connectivity index is 0.00000180. The largest absolute Gasteiger partial charge is 0.416 e. The summed E-state index contributed by atoms with van der Waals surface area (Å²) < 4.78 is 38.8. The molecule has 0 saturated carbocycles. The third-order valence-corrected chi connectivity index (χ3v) is 2.55. The summed E-state index contributed by atoms with van der Waals surface area (Å²) in [4.78, 5) is 0. The number of nitrogens with one attached hydrogen (secondary N) is 1. The first kappa shape index (κ1) is 15.4. The fourth-order valence-electron chi connectivity index (χ4n) is 1.57. The number of halogens is 4. The van der Waals surface area contributed by atoms with E-state index in [2.05, 4.69) is 10.4 Å². The second-order valence-electron chi connectivity index (χ2n) is 3.87. The lowest BCUT2D eigenvalue weighted by Gasteiger charge is -2.07. The van der Waals surface area contributed by atoms with E-state index in [1.54, 1.807) is 24.1 Å². The van der Waals surface area contributed by atoms with Crippen LogP contribution in [0.2, 0.25) is 0 Å². The second-order valence-corrected chi connectivity index (χ2v) is 3.87. The Bertz CT molecular complexity index is 520. The van der Waals surface area contributed by atoms with E-state index >= 15 is 0 Å². The van der Waals surface area contributed by atoms with Crippen LogP contribution < -0.4 is 5.32 Å². The van der Waals surface area contributed by atoms with Gasteiger partial charge >= 0.3 is 6.18 Å². The predicted octanol–water partition coefficient (Wildman–Crippen LogP) is 3.41. The lowest BCUT2D eigenvalue weighted by Crippen LogP contribution is -2.05. The zero-order chi connectivity index (χ0) is 13.2. The van der Waals surface area contributed by atoms with Crippen LogP contribution >= 0.6 is 12.4 Å². The Labute approximate surface area is 114 Å². The van der Waals surface area contributed by atoms with Crippen LogP contribution in [-0.2, 0) is 12.7 Å². The third-order valence-electron chi connectivity index (χ3n) is 2.55. The summed E-state index contributed by atoms with van der Waals surface area (Å²) in [6, 6.07) is 5.09. The van der Waals surface area contributed by atoms with Crippen LogP contribution in [0.1, 0.15) is 11.1 Å². The summed E-state index contributed by atoms with van der Waals surface area (Å²) >= 11 is 0. The van der Waals surface area contributed by atoms with Gasteiger partial charge < -0.3 is 5.32 Å². The Hall–Kier alpha value is -1.69. The number of benzene rings is 1. The van der Waals surface area contributed by atoms with Crippen molar-refractivity contribution in [3.05, 3.63) is 47.8 Å². The minimum Gasteiger partial charge on any atom is -0.386 e. The summed E-state index contributed by atoms with van der Waals surface area (Å²) in [7, 11) is 1.78. The van der Waals surface area contributed by atoms with E-state index < -0.39 is 11.7 Å². The Kier molecular flexibility index (Phi) is 4.83. The highest BCUT2D eigenvalue weighted by Gasteiger charge is 2.29. The quantitative estimate of drug-likeness (QED) is 0.939. The molecule has 1 aromatic heterocycles. The number of hydrogen-bond acceptors (Lipinski definition) is 2. The van der Waals surface area contributed by atoms with Crippen LogP contribution in [0.15, 0.2) is 36.7 Å². The molecule has 0 atom stereocenters. The molecule has 0 unspecified atom stereocenters. The zero-order valence-corrected chi connectivity index (χ0v) is 10.9. The van der Waals surface area contributed by atoms with Crippen LogP contribution in [0, 0.1) is 0 Å². The maximum atomic E-state index is 12.4. The Morgan fingerprint density at radius 3 is 2.32 bits per heavy atom. The van der Waals surface area contributed by atoms with Crippen LogP contribution in [0.5, 0.6) is 0 Å². The summed E-state index contributed by atoms with van der Waals surface area (Å²) in [5.74, 6) is 0. The fourth-order valence-corrected chi connectivity index (χ4v) is 1.57. The van der Waals surface area contributed by atoms with Crippen molar-refractivity contribution in [2.24, 2.45) is 0 Å². The van der Waals surface area contributed by atoms with Crippen molar-refractivity contribution in [2.75, 3.05) is 12.4 Å². The number of nitrogens with zero attached hydrogens (tertiary/aromatic N) is 2. The zero-order valence-electron chi connectivity index (χ0n) is 10.1. The van der Waals surface area contributed by atoms with Crippen molar-refractivity contribution in [1.29, 1.82) is 0 Å². The molecule has 2 aromatic rings. The molecule has 0 fully saturated rings. The molecule has 0 saturated heterocycles. The summed E-state index contributed by atoms with van der Waals surface area (Å²) in [5.41, 5.74) is 0.998. The predicted molar refractivity (Wildman–Crippen MR) is 69.6 cm³/mol. The van der Waals surface area contributed by atoms with Gasteiger partial charge in [-0.15, -0.1) is 12.4 Å². The van der Waals surface area contributed by atoms with Crippen LogP contribution in [0.4, 0.5) is 18.9 Å². The van der Waals surface area contributed by atoms with Gasteiger partial charge in [-0.25, -0.2) is 0 Å². The molecule has 0 spiro atoms. The topological polar surface area (TPSA) is 29.9 Å². The molecule has 0 aliphatic heterocycles. The van der Waals surface area contributed by atoms with Gasteiger partial charge in [0, 0.05) is 13.2 Å². The normalized spacial score (nSPS) is 10.9. The van der Waals surface area contributed by atoms with E-state index in [0.29, 0.717) is 6.54 Å². The Morgan fingerprint density at radius 1 is 1.21 bits per heavy atom. The third kappa shape index (κ3) is 3.89. The number of rotatable bonds is 3. The van der Waals surface area contributed by atoms with Gasteiger partial charge in [0.05, 0.1) is 24.0 Å². The fraction of sp³-hybridized carbons (Fsp3) is 0.250. The van der Waals surface area contributed by atoms with E-state index in [0.717, 1.165) is 23.4 Å². The first-order valence-electron chi connectivity index (χ1n) is 5.35. The highest BCUT2D eigenvalue weighted by atomic mass is 35.5. The smallest absolute Gasteiger partial charge is 0.386 e. The molecule has 2 rings (SSSR count). The average molecular weight is 292 g/mol. The first-order chi connectivity index (χ1) is 8.49. The van der Waals surface area contributed by atoms with E-state index in [1.807, 2.05) is 0 Å². The van der Waals surface area contributed by atoms with Gasteiger partial charge in [-0.3, -0.25) is 4.68 Å². The van der Waals surface area contributed by atoms with Gasteiger partial charge in [0.25, 0.3) is 0 Å². The number of aromatic nitrogens is 2. The standard InChI is InChI=1S/C12H12F3N3.ClH/c1-16-11-6-17-18(8-11)7-9-2-4-10(5-3-9)12(13,14)15;/h2-6,8,16H,7H2,1H3;1H. The molecule has 0 aliphatic rings. The number of alkyl halides is 3. The van der Waals surface area contributed by atoms with E-state index in [-0.39, 0.29) is 12.4 Å². The maximum Gasteiger partial charge on any atom is 0.416 e. The van der Waals surface area contributed by atoms with E-state index in [9.17, 15) is 13.2 Å². The van der Waals surface area contributed by atoms with Gasteiger partial charge in [0.1, 0.15) is 0 Å². The minimum atomic E-state index is -4.29. The maximum absolute atomic E-state index is 12.4. The van der Waals surface area contributed by atoms with Gasteiger partial charge in [0.15, 0.2) is 0 Å². The summed E-state index contributed by atoms with van der Waals surface area (Å²) in [5, 5.41) is 7.02. The molecule has 0 aliphatic carbocycles. The number of anilines is 1. The molecule has 0 bridgehead atoms. The van der Waals surface area contributed by atoms with Crippen molar-refractivity contribution < 1.29 is 13.2 Å². The molecule has 0 radical (unpaired) electrons. The van der Waals surface area contributed by atoms with Crippen LogP contribution in [0.3, 0.4) is 0 Å². The molecule has 1 N–H and O–H groups in total. The highest BCUT2D eigenvalue weighted by Crippen LogP contribution is 2.29. The lowest BCUT2D eigenvalue weighted by molar-refractivity contribution is -0.137. The average Bonchev–Trinajstić information content (AvgIpc) is 2.76. The molecule has 1 heterocycles.